The smallest absolute Gasteiger partial charge is 0.270 e. The zero-order chi connectivity index (χ0) is 22.5. The third-order valence-electron chi connectivity index (χ3n) is 5.16. The Balaban J connectivity index is 1.55. The van der Waals surface area contributed by atoms with Crippen molar-refractivity contribution in [3.63, 3.8) is 0 Å². The summed E-state index contributed by atoms with van der Waals surface area (Å²) in [5, 5.41) is 15.4. The summed E-state index contributed by atoms with van der Waals surface area (Å²) in [6.45, 7) is -0.00536. The SMILES string of the molecule is CN(C(=O)Cn1cnc(-c2cccc([N+](=O)[O-])c2)n1)C(c1ccccc1)c1ccccc1. The molecule has 3 aromatic carbocycles. The van der Waals surface area contributed by atoms with Crippen LogP contribution in [0.4, 0.5) is 5.69 Å². The zero-order valence-corrected chi connectivity index (χ0v) is 17.4. The maximum Gasteiger partial charge on any atom is 0.270 e. The molecule has 0 saturated carbocycles. The molecule has 0 radical (unpaired) electrons. The largest absolute Gasteiger partial charge is 0.333 e. The summed E-state index contributed by atoms with van der Waals surface area (Å²) in [7, 11) is 1.77. The van der Waals surface area contributed by atoms with Crippen LogP contribution in [0.5, 0.6) is 0 Å². The van der Waals surface area contributed by atoms with Gasteiger partial charge in [0.15, 0.2) is 5.82 Å². The predicted molar refractivity (Wildman–Crippen MR) is 120 cm³/mol. The highest BCUT2D eigenvalue weighted by Crippen LogP contribution is 2.28. The van der Waals surface area contributed by atoms with Crippen LogP contribution in [-0.2, 0) is 11.3 Å². The van der Waals surface area contributed by atoms with Gasteiger partial charge in [0.2, 0.25) is 5.91 Å². The van der Waals surface area contributed by atoms with E-state index >= 15 is 0 Å². The maximum absolute atomic E-state index is 13.1. The Bertz CT molecular complexity index is 1190. The molecule has 0 bridgehead atoms. The number of aromatic nitrogens is 3. The maximum atomic E-state index is 13.1. The van der Waals surface area contributed by atoms with E-state index in [4.69, 9.17) is 0 Å². The van der Waals surface area contributed by atoms with Crippen LogP contribution >= 0.6 is 0 Å². The van der Waals surface area contributed by atoms with Gasteiger partial charge in [-0.15, -0.1) is 0 Å². The lowest BCUT2D eigenvalue weighted by atomic mass is 9.97. The number of carbonyl (C=O) groups is 1. The minimum atomic E-state index is -0.466. The number of amides is 1. The summed E-state index contributed by atoms with van der Waals surface area (Å²) in [5.74, 6) is 0.185. The molecule has 160 valence electrons. The van der Waals surface area contributed by atoms with E-state index in [1.165, 1.54) is 23.1 Å². The summed E-state index contributed by atoms with van der Waals surface area (Å²) in [6.07, 6.45) is 1.46. The first-order chi connectivity index (χ1) is 15.5. The number of nitrogens with zero attached hydrogens (tertiary/aromatic N) is 5. The quantitative estimate of drug-likeness (QED) is 0.327. The average molecular weight is 427 g/mol. The van der Waals surface area contributed by atoms with Crippen LogP contribution in [0.3, 0.4) is 0 Å². The number of hydrogen-bond acceptors (Lipinski definition) is 5. The molecule has 1 aromatic heterocycles. The van der Waals surface area contributed by atoms with Crippen LogP contribution < -0.4 is 0 Å². The summed E-state index contributed by atoms with van der Waals surface area (Å²) in [6, 6.07) is 25.5. The number of non-ortho nitro benzene ring substituents is 1. The number of hydrogen-bond donors (Lipinski definition) is 0. The van der Waals surface area contributed by atoms with Crippen LogP contribution in [0.1, 0.15) is 17.2 Å². The van der Waals surface area contributed by atoms with Gasteiger partial charge in [-0.1, -0.05) is 72.8 Å². The number of nitro benzene ring substituents is 1. The number of carbonyl (C=O) groups excluding carboxylic acids is 1. The molecule has 1 heterocycles. The Morgan fingerprint density at radius 3 is 2.22 bits per heavy atom. The van der Waals surface area contributed by atoms with Gasteiger partial charge in [0, 0.05) is 24.7 Å². The summed E-state index contributed by atoms with van der Waals surface area (Å²) in [4.78, 5) is 29.6. The van der Waals surface area contributed by atoms with Gasteiger partial charge in [0.25, 0.3) is 5.69 Å². The van der Waals surface area contributed by atoms with Crippen LogP contribution in [0.2, 0.25) is 0 Å². The van der Waals surface area contributed by atoms with Crippen LogP contribution in [-0.4, -0.2) is 37.5 Å². The standard InChI is InChI=1S/C24H21N5O3/c1-27(23(18-9-4-2-5-10-18)19-11-6-3-7-12-19)22(30)16-28-17-25-24(26-28)20-13-8-14-21(15-20)29(31)32/h2-15,17,23H,16H2,1H3. The lowest BCUT2D eigenvalue weighted by Gasteiger charge is -2.29. The summed E-state index contributed by atoms with van der Waals surface area (Å²) < 4.78 is 1.44. The molecule has 8 heteroatoms. The van der Waals surface area contributed by atoms with Gasteiger partial charge in [-0.3, -0.25) is 14.9 Å². The molecule has 0 aliphatic heterocycles. The Kier molecular flexibility index (Phi) is 6.03. The highest BCUT2D eigenvalue weighted by Gasteiger charge is 2.24. The van der Waals surface area contributed by atoms with Gasteiger partial charge in [-0.05, 0) is 11.1 Å². The molecule has 1 amide bonds. The average Bonchev–Trinajstić information content (AvgIpc) is 3.29. The van der Waals surface area contributed by atoms with Crippen molar-refractivity contribution in [3.8, 4) is 11.4 Å². The van der Waals surface area contributed by atoms with E-state index < -0.39 is 4.92 Å². The fourth-order valence-corrected chi connectivity index (χ4v) is 3.57. The molecule has 4 rings (SSSR count). The topological polar surface area (TPSA) is 94.2 Å². The molecule has 0 unspecified atom stereocenters. The van der Waals surface area contributed by atoms with Crippen molar-refractivity contribution in [2.24, 2.45) is 0 Å². The first kappa shape index (κ1) is 20.9. The molecule has 0 N–H and O–H groups in total. The molecule has 32 heavy (non-hydrogen) atoms. The van der Waals surface area contributed by atoms with E-state index in [1.807, 2.05) is 60.7 Å². The van der Waals surface area contributed by atoms with Gasteiger partial charge in [-0.2, -0.15) is 5.10 Å². The molecule has 0 saturated heterocycles. The summed E-state index contributed by atoms with van der Waals surface area (Å²) >= 11 is 0. The molecule has 0 aliphatic rings. The van der Waals surface area contributed by atoms with Crippen LogP contribution in [0.25, 0.3) is 11.4 Å². The highest BCUT2D eigenvalue weighted by atomic mass is 16.6. The highest BCUT2D eigenvalue weighted by molar-refractivity contribution is 5.76. The Morgan fingerprint density at radius 1 is 1.00 bits per heavy atom. The Hall–Kier alpha value is -4.33. The minimum absolute atomic E-state index is 0.00536. The molecule has 0 atom stereocenters. The number of rotatable bonds is 7. The molecular formula is C24H21N5O3. The van der Waals surface area contributed by atoms with Gasteiger partial charge >= 0.3 is 0 Å². The summed E-state index contributed by atoms with van der Waals surface area (Å²) in [5.41, 5.74) is 2.49. The number of likely N-dealkylation sites (N-methyl/N-ethyl adjacent to an activating group) is 1. The lowest BCUT2D eigenvalue weighted by molar-refractivity contribution is -0.384. The second-order valence-corrected chi connectivity index (χ2v) is 7.30. The van der Waals surface area contributed by atoms with Gasteiger partial charge < -0.3 is 4.90 Å². The van der Waals surface area contributed by atoms with Gasteiger partial charge in [0.1, 0.15) is 12.9 Å². The molecule has 0 aliphatic carbocycles. The molecule has 8 nitrogen and oxygen atoms in total. The monoisotopic (exact) mass is 427 g/mol. The third-order valence-corrected chi connectivity index (χ3v) is 5.16. The van der Waals surface area contributed by atoms with Crippen molar-refractivity contribution >= 4 is 11.6 Å². The van der Waals surface area contributed by atoms with E-state index in [9.17, 15) is 14.9 Å². The van der Waals surface area contributed by atoms with E-state index in [0.717, 1.165) is 11.1 Å². The lowest BCUT2D eigenvalue weighted by Crippen LogP contribution is -2.34. The number of benzene rings is 3. The fraction of sp³-hybridized carbons (Fsp3) is 0.125. The fourth-order valence-electron chi connectivity index (χ4n) is 3.57. The van der Waals surface area contributed by atoms with Crippen molar-refractivity contribution in [2.75, 3.05) is 7.05 Å². The van der Waals surface area contributed by atoms with Gasteiger partial charge in [0.05, 0.1) is 11.0 Å². The zero-order valence-electron chi connectivity index (χ0n) is 17.4. The predicted octanol–water partition coefficient (Wildman–Crippen LogP) is 4.10. The molecule has 0 fully saturated rings. The van der Waals surface area contributed by atoms with Crippen molar-refractivity contribution in [1.29, 1.82) is 0 Å². The first-order valence-electron chi connectivity index (χ1n) is 10.0. The van der Waals surface area contributed by atoms with Crippen LogP contribution in [0.15, 0.2) is 91.3 Å². The molecule has 0 spiro atoms. The Morgan fingerprint density at radius 2 is 1.62 bits per heavy atom. The van der Waals surface area contributed by atoms with E-state index in [-0.39, 0.29) is 24.2 Å². The van der Waals surface area contributed by atoms with E-state index in [2.05, 4.69) is 10.1 Å². The van der Waals surface area contributed by atoms with Crippen molar-refractivity contribution in [3.05, 3.63) is 112 Å². The van der Waals surface area contributed by atoms with E-state index in [0.29, 0.717) is 11.4 Å². The van der Waals surface area contributed by atoms with Gasteiger partial charge in [-0.25, -0.2) is 9.67 Å². The number of nitro groups is 1. The normalized spacial score (nSPS) is 10.8. The third kappa shape index (κ3) is 4.54. The first-order valence-corrected chi connectivity index (χ1v) is 10.0. The minimum Gasteiger partial charge on any atom is -0.333 e. The van der Waals surface area contributed by atoms with Crippen LogP contribution in [0, 0.1) is 10.1 Å². The molecular weight excluding hydrogens is 406 g/mol. The van der Waals surface area contributed by atoms with Crippen molar-refractivity contribution in [2.45, 2.75) is 12.6 Å². The Labute approximate surface area is 184 Å². The van der Waals surface area contributed by atoms with Crippen molar-refractivity contribution < 1.29 is 9.72 Å². The molecule has 4 aromatic rings. The van der Waals surface area contributed by atoms with E-state index in [1.54, 1.807) is 24.1 Å². The second kappa shape index (κ2) is 9.22. The van der Waals surface area contributed by atoms with Crippen molar-refractivity contribution in [1.82, 2.24) is 19.7 Å². The second-order valence-electron chi connectivity index (χ2n) is 7.30.